The molecule has 1 aromatic heterocycles. The van der Waals surface area contributed by atoms with Gasteiger partial charge < -0.3 is 19.5 Å². The Labute approximate surface area is 188 Å². The standard InChI is InChI=1S/C25H32N2O3S/c1-18(28)20-9-10-22(23(17-20)29-2)30-16-6-5-13-27-14-11-19(12-15-27)25-21-7-3-4-8-24(21)31-26-25/h3-4,7-10,17-19,28H,5-6,11-16H2,1-2H3. The van der Waals surface area contributed by atoms with E-state index in [0.29, 0.717) is 18.3 Å². The van der Waals surface area contributed by atoms with Gasteiger partial charge in [-0.15, -0.1) is 0 Å². The van der Waals surface area contributed by atoms with Crippen LogP contribution in [0, 0.1) is 0 Å². The van der Waals surface area contributed by atoms with E-state index in [0.717, 1.165) is 43.8 Å². The predicted octanol–water partition coefficient (Wildman–Crippen LogP) is 5.40. The van der Waals surface area contributed by atoms with Gasteiger partial charge in [-0.05, 0) is 87.5 Å². The number of fused-ring (bicyclic) bond motifs is 1. The molecule has 1 fully saturated rings. The van der Waals surface area contributed by atoms with Gasteiger partial charge in [0.1, 0.15) is 0 Å². The number of methoxy groups -OCH3 is 1. The third kappa shape index (κ3) is 5.37. The molecule has 1 atom stereocenters. The molecule has 1 aliphatic rings. The SMILES string of the molecule is COc1cc(C(C)O)ccc1OCCCCN1CCC(c2nsc3ccccc23)CC1. The molecule has 1 N–H and O–H groups in total. The van der Waals surface area contributed by atoms with E-state index < -0.39 is 6.10 Å². The first-order valence-electron chi connectivity index (χ1n) is 11.2. The smallest absolute Gasteiger partial charge is 0.161 e. The maximum atomic E-state index is 9.72. The van der Waals surface area contributed by atoms with E-state index in [1.807, 2.05) is 18.2 Å². The minimum atomic E-state index is -0.513. The number of aliphatic hydroxyl groups is 1. The van der Waals surface area contributed by atoms with Crippen LogP contribution in [-0.2, 0) is 0 Å². The van der Waals surface area contributed by atoms with Crippen LogP contribution in [0.3, 0.4) is 0 Å². The number of ether oxygens (including phenoxy) is 2. The molecule has 1 saturated heterocycles. The van der Waals surface area contributed by atoms with Gasteiger partial charge in [0, 0.05) is 11.3 Å². The van der Waals surface area contributed by atoms with E-state index in [9.17, 15) is 5.11 Å². The molecule has 1 aliphatic heterocycles. The van der Waals surface area contributed by atoms with Crippen molar-refractivity contribution in [3.05, 3.63) is 53.7 Å². The van der Waals surface area contributed by atoms with Crippen molar-refractivity contribution in [1.82, 2.24) is 9.27 Å². The van der Waals surface area contributed by atoms with Gasteiger partial charge in [0.05, 0.1) is 30.2 Å². The first kappa shape index (κ1) is 22.1. The molecular weight excluding hydrogens is 408 g/mol. The Kier molecular flexibility index (Phi) is 7.43. The number of hydrogen-bond donors (Lipinski definition) is 1. The monoisotopic (exact) mass is 440 g/mol. The average molecular weight is 441 g/mol. The van der Waals surface area contributed by atoms with Crippen LogP contribution in [0.2, 0.25) is 0 Å². The minimum Gasteiger partial charge on any atom is -0.493 e. The topological polar surface area (TPSA) is 54.8 Å². The van der Waals surface area contributed by atoms with Gasteiger partial charge in [0.15, 0.2) is 11.5 Å². The van der Waals surface area contributed by atoms with Crippen LogP contribution in [0.1, 0.15) is 55.9 Å². The van der Waals surface area contributed by atoms with Crippen molar-refractivity contribution >= 4 is 21.6 Å². The molecule has 0 aliphatic carbocycles. The van der Waals surface area contributed by atoms with Crippen molar-refractivity contribution in [3.8, 4) is 11.5 Å². The molecule has 0 saturated carbocycles. The van der Waals surface area contributed by atoms with Crippen molar-refractivity contribution in [2.24, 2.45) is 0 Å². The Morgan fingerprint density at radius 2 is 1.94 bits per heavy atom. The molecule has 2 aromatic carbocycles. The van der Waals surface area contributed by atoms with Crippen LogP contribution in [0.15, 0.2) is 42.5 Å². The predicted molar refractivity (Wildman–Crippen MR) is 126 cm³/mol. The van der Waals surface area contributed by atoms with Crippen LogP contribution in [0.4, 0.5) is 0 Å². The molecule has 5 nitrogen and oxygen atoms in total. The number of hydrogen-bond acceptors (Lipinski definition) is 6. The van der Waals surface area contributed by atoms with E-state index in [1.165, 1.54) is 28.6 Å². The summed E-state index contributed by atoms with van der Waals surface area (Å²) in [5, 5.41) is 11.1. The van der Waals surface area contributed by atoms with E-state index in [-0.39, 0.29) is 0 Å². The van der Waals surface area contributed by atoms with Gasteiger partial charge in [-0.3, -0.25) is 0 Å². The van der Waals surface area contributed by atoms with Crippen LogP contribution >= 0.6 is 11.5 Å². The highest BCUT2D eigenvalue weighted by Gasteiger charge is 2.23. The fourth-order valence-corrected chi connectivity index (χ4v) is 5.17. The second-order valence-corrected chi connectivity index (χ2v) is 9.13. The normalized spacial score (nSPS) is 16.5. The number of nitrogens with zero attached hydrogens (tertiary/aromatic N) is 2. The molecular formula is C25H32N2O3S. The Bertz CT molecular complexity index is 980. The molecule has 0 bridgehead atoms. The van der Waals surface area contributed by atoms with Crippen LogP contribution in [-0.4, -0.2) is 47.7 Å². The third-order valence-corrected chi connectivity index (χ3v) is 7.02. The van der Waals surface area contributed by atoms with Crippen molar-refractivity contribution in [3.63, 3.8) is 0 Å². The Balaban J connectivity index is 1.18. The molecule has 0 spiro atoms. The summed E-state index contributed by atoms with van der Waals surface area (Å²) in [6, 6.07) is 14.2. The lowest BCUT2D eigenvalue weighted by Crippen LogP contribution is -2.33. The zero-order chi connectivity index (χ0) is 21.6. The maximum Gasteiger partial charge on any atom is 0.161 e. The number of piperidine rings is 1. The van der Waals surface area contributed by atoms with E-state index in [4.69, 9.17) is 13.8 Å². The number of aromatic nitrogens is 1. The second kappa shape index (κ2) is 10.4. The number of aliphatic hydroxyl groups excluding tert-OH is 1. The van der Waals surface area contributed by atoms with E-state index in [1.54, 1.807) is 25.6 Å². The highest BCUT2D eigenvalue weighted by Crippen LogP contribution is 2.34. The minimum absolute atomic E-state index is 0.513. The highest BCUT2D eigenvalue weighted by atomic mass is 32.1. The second-order valence-electron chi connectivity index (χ2n) is 8.32. The van der Waals surface area contributed by atoms with Crippen molar-refractivity contribution in [2.75, 3.05) is 33.4 Å². The zero-order valence-corrected chi connectivity index (χ0v) is 19.2. The van der Waals surface area contributed by atoms with Crippen molar-refractivity contribution in [1.29, 1.82) is 0 Å². The van der Waals surface area contributed by atoms with Gasteiger partial charge in [0.25, 0.3) is 0 Å². The molecule has 0 amide bonds. The maximum absolute atomic E-state index is 9.72. The molecule has 2 heterocycles. The third-order valence-electron chi connectivity index (χ3n) is 6.18. The zero-order valence-electron chi connectivity index (χ0n) is 18.4. The van der Waals surface area contributed by atoms with E-state index >= 15 is 0 Å². The van der Waals surface area contributed by atoms with Crippen molar-refractivity contribution in [2.45, 2.75) is 44.6 Å². The summed E-state index contributed by atoms with van der Waals surface area (Å²) in [4.78, 5) is 2.57. The van der Waals surface area contributed by atoms with Crippen LogP contribution in [0.25, 0.3) is 10.1 Å². The Hall–Kier alpha value is -2.15. The number of rotatable bonds is 9. The fourth-order valence-electron chi connectivity index (χ4n) is 4.31. The molecule has 1 unspecified atom stereocenters. The largest absolute Gasteiger partial charge is 0.493 e. The van der Waals surface area contributed by atoms with Crippen molar-refractivity contribution < 1.29 is 14.6 Å². The summed E-state index contributed by atoms with van der Waals surface area (Å²) in [6.45, 7) is 5.83. The molecule has 3 aromatic rings. The van der Waals surface area contributed by atoms with Crippen LogP contribution in [0.5, 0.6) is 11.5 Å². The van der Waals surface area contributed by atoms with Crippen LogP contribution < -0.4 is 9.47 Å². The lowest BCUT2D eigenvalue weighted by atomic mass is 9.91. The lowest BCUT2D eigenvalue weighted by molar-refractivity contribution is 0.197. The summed E-state index contributed by atoms with van der Waals surface area (Å²) >= 11 is 1.63. The van der Waals surface area contributed by atoms with Gasteiger partial charge in [-0.2, -0.15) is 4.37 Å². The highest BCUT2D eigenvalue weighted by molar-refractivity contribution is 7.13. The van der Waals surface area contributed by atoms with Gasteiger partial charge in [0.2, 0.25) is 0 Å². The first-order chi connectivity index (χ1) is 15.2. The summed E-state index contributed by atoms with van der Waals surface area (Å²) in [5.74, 6) is 2.01. The quantitative estimate of drug-likeness (QED) is 0.452. The summed E-state index contributed by atoms with van der Waals surface area (Å²) in [6.07, 6.45) is 4.01. The number of unbranched alkanes of at least 4 members (excludes halogenated alkanes) is 1. The van der Waals surface area contributed by atoms with Gasteiger partial charge in [-0.25, -0.2) is 0 Å². The number of likely N-dealkylation sites (tertiary alicyclic amines) is 1. The molecule has 31 heavy (non-hydrogen) atoms. The molecule has 0 radical (unpaired) electrons. The Morgan fingerprint density at radius 1 is 1.13 bits per heavy atom. The summed E-state index contributed by atoms with van der Waals surface area (Å²) in [7, 11) is 1.63. The molecule has 166 valence electrons. The van der Waals surface area contributed by atoms with E-state index in [2.05, 4.69) is 29.2 Å². The molecule has 6 heteroatoms. The summed E-state index contributed by atoms with van der Waals surface area (Å²) in [5.41, 5.74) is 2.14. The fraction of sp³-hybridized carbons (Fsp3) is 0.480. The lowest BCUT2D eigenvalue weighted by Gasteiger charge is -2.31. The summed E-state index contributed by atoms with van der Waals surface area (Å²) < 4.78 is 17.4. The van der Waals surface area contributed by atoms with Gasteiger partial charge >= 0.3 is 0 Å². The number of benzene rings is 2. The first-order valence-corrected chi connectivity index (χ1v) is 12.0. The molecule has 4 rings (SSSR count). The Morgan fingerprint density at radius 3 is 2.71 bits per heavy atom. The van der Waals surface area contributed by atoms with Gasteiger partial charge in [-0.1, -0.05) is 24.3 Å². The average Bonchev–Trinajstić information content (AvgIpc) is 3.23.